The van der Waals surface area contributed by atoms with Crippen LogP contribution in [0.1, 0.15) is 64.4 Å². The summed E-state index contributed by atoms with van der Waals surface area (Å²) in [5.74, 6) is 2.45. The Labute approximate surface area is 197 Å². The number of hydrogen-bond donors (Lipinski definition) is 1. The molecule has 0 radical (unpaired) electrons. The number of hydrogen-bond acceptors (Lipinski definition) is 4. The van der Waals surface area contributed by atoms with Crippen LogP contribution in [0, 0.1) is 11.8 Å². The van der Waals surface area contributed by atoms with Gasteiger partial charge in [0.05, 0.1) is 12.4 Å². The van der Waals surface area contributed by atoms with Crippen LogP contribution in [-0.2, 0) is 16.4 Å². The van der Waals surface area contributed by atoms with Gasteiger partial charge < -0.3 is 9.64 Å². The predicted octanol–water partition coefficient (Wildman–Crippen LogP) is 4.99. The lowest BCUT2D eigenvalue weighted by molar-refractivity contribution is 0.164. The van der Waals surface area contributed by atoms with Gasteiger partial charge >= 0.3 is 0 Å². The van der Waals surface area contributed by atoms with Gasteiger partial charge in [0.25, 0.3) is 0 Å². The van der Waals surface area contributed by atoms with Crippen molar-refractivity contribution >= 4 is 26.0 Å². The number of piperidine rings is 1. The van der Waals surface area contributed by atoms with E-state index in [9.17, 15) is 8.42 Å². The predicted molar refractivity (Wildman–Crippen MR) is 131 cm³/mol. The van der Waals surface area contributed by atoms with Crippen LogP contribution >= 0.6 is 15.9 Å². The third kappa shape index (κ3) is 8.67. The van der Waals surface area contributed by atoms with Gasteiger partial charge in [-0.2, -0.15) is 0 Å². The van der Waals surface area contributed by atoms with E-state index in [4.69, 9.17) is 4.74 Å². The lowest BCUT2D eigenvalue weighted by Gasteiger charge is -2.34. The minimum Gasteiger partial charge on any atom is -0.491 e. The van der Waals surface area contributed by atoms with Gasteiger partial charge in [-0.3, -0.25) is 0 Å². The minimum atomic E-state index is -3.08. The molecule has 1 aliphatic heterocycles. The molecule has 2 aliphatic rings. The molecule has 1 saturated heterocycles. The number of sulfonamides is 1. The molecule has 1 heterocycles. The minimum absolute atomic E-state index is 0.144. The molecule has 0 amide bonds. The number of rotatable bonds is 9. The fraction of sp³-hybridized carbons (Fsp3) is 0.750. The summed E-state index contributed by atoms with van der Waals surface area (Å²) in [5, 5.41) is 0. The van der Waals surface area contributed by atoms with Gasteiger partial charge in [0, 0.05) is 10.5 Å². The van der Waals surface area contributed by atoms with Crippen molar-refractivity contribution < 1.29 is 13.2 Å². The topological polar surface area (TPSA) is 58.6 Å². The van der Waals surface area contributed by atoms with Crippen LogP contribution in [0.3, 0.4) is 0 Å². The van der Waals surface area contributed by atoms with E-state index in [0.717, 1.165) is 49.7 Å². The van der Waals surface area contributed by atoms with Crippen LogP contribution in [-0.4, -0.2) is 51.4 Å². The van der Waals surface area contributed by atoms with E-state index < -0.39 is 10.0 Å². The molecule has 1 aromatic carbocycles. The molecule has 1 saturated carbocycles. The summed E-state index contributed by atoms with van der Waals surface area (Å²) >= 11 is 3.72. The van der Waals surface area contributed by atoms with Gasteiger partial charge in [-0.05, 0) is 120 Å². The molecule has 0 aromatic heterocycles. The van der Waals surface area contributed by atoms with Crippen LogP contribution in [0.4, 0.5) is 0 Å². The van der Waals surface area contributed by atoms with Crippen molar-refractivity contribution in [3.63, 3.8) is 0 Å². The highest BCUT2D eigenvalue weighted by Gasteiger charge is 2.25. The molecule has 0 atom stereocenters. The zero-order chi connectivity index (χ0) is 22.4. The zero-order valence-electron chi connectivity index (χ0n) is 19.3. The number of nitrogens with zero attached hydrogens (tertiary/aromatic N) is 1. The van der Waals surface area contributed by atoms with E-state index in [1.807, 2.05) is 6.07 Å². The fourth-order valence-electron chi connectivity index (χ4n) is 5.02. The van der Waals surface area contributed by atoms with E-state index in [1.54, 1.807) is 0 Å². The van der Waals surface area contributed by atoms with Crippen LogP contribution in [0.15, 0.2) is 22.7 Å². The van der Waals surface area contributed by atoms with Gasteiger partial charge in [-0.25, -0.2) is 13.1 Å². The molecule has 1 aliphatic carbocycles. The van der Waals surface area contributed by atoms with Gasteiger partial charge in [0.1, 0.15) is 5.75 Å². The molecule has 1 aromatic rings. The molecule has 7 heteroatoms. The van der Waals surface area contributed by atoms with Crippen LogP contribution in [0.2, 0.25) is 0 Å². The summed E-state index contributed by atoms with van der Waals surface area (Å²) < 4.78 is 32.6. The first-order chi connectivity index (χ1) is 14.7. The largest absolute Gasteiger partial charge is 0.491 e. The highest BCUT2D eigenvalue weighted by atomic mass is 79.9. The van der Waals surface area contributed by atoms with Crippen molar-refractivity contribution in [1.82, 2.24) is 9.62 Å². The SMILES string of the molecule is CC(C)Oc1ccc(Br)c(CC2CCN(CCC3CCC(NS(C)(=O)=O)CC3)CC2)c1. The molecule has 0 bridgehead atoms. The van der Waals surface area contributed by atoms with Crippen LogP contribution in [0.5, 0.6) is 5.75 Å². The molecule has 1 N–H and O–H groups in total. The quantitative estimate of drug-likeness (QED) is 0.504. The van der Waals surface area contributed by atoms with Crippen molar-refractivity contribution in [1.29, 1.82) is 0 Å². The smallest absolute Gasteiger partial charge is 0.208 e. The Morgan fingerprint density at radius 2 is 1.77 bits per heavy atom. The van der Waals surface area contributed by atoms with Crippen molar-refractivity contribution in [3.8, 4) is 5.75 Å². The summed E-state index contributed by atoms with van der Waals surface area (Å²) in [6, 6.07) is 6.50. The first-order valence-corrected chi connectivity index (χ1v) is 14.5. The third-order valence-electron chi connectivity index (χ3n) is 6.69. The Balaban J connectivity index is 1.37. The zero-order valence-corrected chi connectivity index (χ0v) is 21.7. The molecule has 31 heavy (non-hydrogen) atoms. The summed E-state index contributed by atoms with van der Waals surface area (Å²) in [6.45, 7) is 7.69. The molecular weight excluding hydrogens is 476 g/mol. The third-order valence-corrected chi connectivity index (χ3v) is 8.22. The van der Waals surface area contributed by atoms with Crippen molar-refractivity contribution in [2.75, 3.05) is 25.9 Å². The number of likely N-dealkylation sites (tertiary alicyclic amines) is 1. The maximum absolute atomic E-state index is 11.4. The molecule has 0 spiro atoms. The normalized spacial score (nSPS) is 23.9. The molecular formula is C24H39BrN2O3S. The van der Waals surface area contributed by atoms with Crippen molar-refractivity contribution in [3.05, 3.63) is 28.2 Å². The maximum atomic E-state index is 11.4. The number of ether oxygens (including phenoxy) is 1. The molecule has 0 unspecified atom stereocenters. The Morgan fingerprint density at radius 3 is 2.39 bits per heavy atom. The van der Waals surface area contributed by atoms with E-state index in [2.05, 4.69) is 51.5 Å². The van der Waals surface area contributed by atoms with E-state index >= 15 is 0 Å². The summed E-state index contributed by atoms with van der Waals surface area (Å²) in [5.41, 5.74) is 1.36. The number of benzene rings is 1. The van der Waals surface area contributed by atoms with Crippen LogP contribution < -0.4 is 9.46 Å². The summed E-state index contributed by atoms with van der Waals surface area (Å²) in [4.78, 5) is 2.63. The van der Waals surface area contributed by atoms with Crippen molar-refractivity contribution in [2.24, 2.45) is 11.8 Å². The van der Waals surface area contributed by atoms with E-state index in [0.29, 0.717) is 0 Å². The Kier molecular flexibility index (Phi) is 9.26. The van der Waals surface area contributed by atoms with Gasteiger partial charge in [0.2, 0.25) is 10.0 Å². The first kappa shape index (κ1) is 25.0. The highest BCUT2D eigenvalue weighted by molar-refractivity contribution is 9.10. The Morgan fingerprint density at radius 1 is 1.10 bits per heavy atom. The summed E-state index contributed by atoms with van der Waals surface area (Å²) in [7, 11) is -3.08. The average molecular weight is 516 g/mol. The second kappa shape index (κ2) is 11.5. The van der Waals surface area contributed by atoms with Gasteiger partial charge in [-0.1, -0.05) is 15.9 Å². The lowest BCUT2D eigenvalue weighted by Crippen LogP contribution is -2.38. The van der Waals surface area contributed by atoms with Gasteiger partial charge in [0.15, 0.2) is 0 Å². The summed E-state index contributed by atoms with van der Waals surface area (Å²) in [6.07, 6.45) is 10.6. The Hall–Kier alpha value is -0.630. The molecule has 3 rings (SSSR count). The average Bonchev–Trinajstić information content (AvgIpc) is 2.69. The maximum Gasteiger partial charge on any atom is 0.208 e. The van der Waals surface area contributed by atoms with Crippen molar-refractivity contribution in [2.45, 2.75) is 77.4 Å². The molecule has 5 nitrogen and oxygen atoms in total. The first-order valence-electron chi connectivity index (χ1n) is 11.8. The number of halogens is 1. The standard InChI is InChI=1S/C24H39BrN2O3S/c1-18(2)30-23-8-9-24(25)21(17-23)16-20-11-14-27(15-12-20)13-10-19-4-6-22(7-5-19)26-31(3,28)29/h8-9,17-20,22,26H,4-7,10-16H2,1-3H3. The fourth-order valence-corrected chi connectivity index (χ4v) is 6.26. The van der Waals surface area contributed by atoms with E-state index in [1.165, 1.54) is 55.2 Å². The Bertz CT molecular complexity index is 799. The van der Waals surface area contributed by atoms with E-state index in [-0.39, 0.29) is 12.1 Å². The number of nitrogens with one attached hydrogen (secondary N) is 1. The van der Waals surface area contributed by atoms with Gasteiger partial charge in [-0.15, -0.1) is 0 Å². The highest BCUT2D eigenvalue weighted by Crippen LogP contribution is 2.31. The second-order valence-electron chi connectivity index (χ2n) is 9.81. The second-order valence-corrected chi connectivity index (χ2v) is 12.4. The lowest BCUT2D eigenvalue weighted by atomic mass is 9.84. The monoisotopic (exact) mass is 514 g/mol. The van der Waals surface area contributed by atoms with Crippen LogP contribution in [0.25, 0.3) is 0 Å². The molecule has 176 valence electrons. The molecule has 2 fully saturated rings.